The Bertz CT molecular complexity index is 469. The van der Waals surface area contributed by atoms with Crippen LogP contribution in [0.25, 0.3) is 12.2 Å². The van der Waals surface area contributed by atoms with Gasteiger partial charge in [0.2, 0.25) is 0 Å². The van der Waals surface area contributed by atoms with E-state index in [0.717, 1.165) is 11.3 Å². The molecule has 0 aromatic carbocycles. The zero-order valence-electron chi connectivity index (χ0n) is 8.24. The molecule has 1 aromatic rings. The molecule has 72 valence electrons. The molecule has 1 N–H and O–H groups in total. The highest BCUT2D eigenvalue weighted by atomic mass is 16.1. The van der Waals surface area contributed by atoms with Crippen LogP contribution in [0.4, 0.5) is 0 Å². The molecule has 0 fully saturated rings. The third-order valence-electron chi connectivity index (χ3n) is 2.38. The van der Waals surface area contributed by atoms with E-state index in [9.17, 15) is 4.79 Å². The molecule has 0 spiro atoms. The summed E-state index contributed by atoms with van der Waals surface area (Å²) in [5.41, 5.74) is 2.36. The molecule has 14 heavy (non-hydrogen) atoms. The van der Waals surface area contributed by atoms with Crippen LogP contribution in [0.15, 0.2) is 16.9 Å². The van der Waals surface area contributed by atoms with Crippen LogP contribution in [0.3, 0.4) is 0 Å². The van der Waals surface area contributed by atoms with Gasteiger partial charge in [0.25, 0.3) is 5.56 Å². The van der Waals surface area contributed by atoms with Gasteiger partial charge >= 0.3 is 0 Å². The number of aryl methyl sites for hydroxylation is 1. The van der Waals surface area contributed by atoms with Crippen molar-refractivity contribution in [2.24, 2.45) is 5.92 Å². The zero-order chi connectivity index (χ0) is 10.1. The number of aromatic amines is 1. The first kappa shape index (κ1) is 8.94. The predicted octanol–water partition coefficient (Wildman–Crippen LogP) is 1.75. The van der Waals surface area contributed by atoms with Gasteiger partial charge in [-0.2, -0.15) is 5.10 Å². The second-order valence-electron chi connectivity index (χ2n) is 3.54. The van der Waals surface area contributed by atoms with Crippen molar-refractivity contribution in [2.45, 2.75) is 13.8 Å². The quantitative estimate of drug-likeness (QED) is 0.674. The van der Waals surface area contributed by atoms with Crippen LogP contribution in [0.1, 0.15) is 23.7 Å². The normalized spacial score (nSPS) is 19.1. The van der Waals surface area contributed by atoms with E-state index >= 15 is 0 Å². The highest BCUT2D eigenvalue weighted by Crippen LogP contribution is 2.17. The summed E-state index contributed by atoms with van der Waals surface area (Å²) in [5, 5.41) is 6.42. The van der Waals surface area contributed by atoms with Gasteiger partial charge in [-0.1, -0.05) is 31.2 Å². The lowest BCUT2D eigenvalue weighted by Gasteiger charge is -2.00. The number of hydrogen-bond donors (Lipinski definition) is 1. The van der Waals surface area contributed by atoms with Gasteiger partial charge < -0.3 is 0 Å². The van der Waals surface area contributed by atoms with E-state index in [4.69, 9.17) is 0 Å². The van der Waals surface area contributed by atoms with E-state index in [1.54, 1.807) is 0 Å². The van der Waals surface area contributed by atoms with Crippen molar-refractivity contribution in [3.63, 3.8) is 0 Å². The molecule has 1 atom stereocenters. The van der Waals surface area contributed by atoms with Crippen molar-refractivity contribution >= 4 is 12.2 Å². The monoisotopic (exact) mass is 188 g/mol. The van der Waals surface area contributed by atoms with Gasteiger partial charge in [-0.25, -0.2) is 5.10 Å². The number of rotatable bonds is 0. The van der Waals surface area contributed by atoms with Crippen LogP contribution in [0, 0.1) is 12.8 Å². The lowest BCUT2D eigenvalue weighted by atomic mass is 10.1. The Morgan fingerprint density at radius 2 is 1.93 bits per heavy atom. The lowest BCUT2D eigenvalue weighted by molar-refractivity contribution is 0.937. The maximum atomic E-state index is 11.5. The van der Waals surface area contributed by atoms with E-state index in [1.807, 2.05) is 25.2 Å². The maximum Gasteiger partial charge on any atom is 0.272 e. The van der Waals surface area contributed by atoms with Crippen LogP contribution >= 0.6 is 0 Å². The number of nitrogens with one attached hydrogen (secondary N) is 1. The van der Waals surface area contributed by atoms with Crippen molar-refractivity contribution in [1.29, 1.82) is 0 Å². The average molecular weight is 188 g/mol. The first-order chi connectivity index (χ1) is 6.68. The van der Waals surface area contributed by atoms with Crippen LogP contribution < -0.4 is 5.56 Å². The Balaban J connectivity index is 2.73. The minimum atomic E-state index is -0.124. The standard InChI is InChI=1S/C11H12N2O/c1-7-3-5-9-8(2)12-13-11(14)10(9)6-4-7/h3-7H,1-2H3,(H,13,14). The van der Waals surface area contributed by atoms with Crippen molar-refractivity contribution < 1.29 is 0 Å². The highest BCUT2D eigenvalue weighted by molar-refractivity contribution is 5.68. The van der Waals surface area contributed by atoms with Gasteiger partial charge in [-0.05, 0) is 12.8 Å². The topological polar surface area (TPSA) is 45.8 Å². The molecule has 0 bridgehead atoms. The molecule has 3 heteroatoms. The van der Waals surface area contributed by atoms with Gasteiger partial charge in [0.1, 0.15) is 0 Å². The fourth-order valence-corrected chi connectivity index (χ4v) is 1.51. The third kappa shape index (κ3) is 1.41. The number of allylic oxidation sites excluding steroid dienone is 2. The Labute approximate surface area is 82.2 Å². The van der Waals surface area contributed by atoms with Crippen LogP contribution in [0.5, 0.6) is 0 Å². The summed E-state index contributed by atoms with van der Waals surface area (Å²) in [4.78, 5) is 11.5. The van der Waals surface area contributed by atoms with Crippen molar-refractivity contribution in [1.82, 2.24) is 10.2 Å². The second kappa shape index (κ2) is 3.25. The van der Waals surface area contributed by atoms with Gasteiger partial charge in [0.05, 0.1) is 5.69 Å². The summed E-state index contributed by atoms with van der Waals surface area (Å²) < 4.78 is 0. The fraction of sp³-hybridized carbons (Fsp3) is 0.273. The Hall–Kier alpha value is -1.64. The first-order valence-electron chi connectivity index (χ1n) is 4.64. The Morgan fingerprint density at radius 1 is 1.29 bits per heavy atom. The lowest BCUT2D eigenvalue weighted by Crippen LogP contribution is -2.14. The highest BCUT2D eigenvalue weighted by Gasteiger charge is 2.09. The van der Waals surface area contributed by atoms with Crippen molar-refractivity contribution in [3.8, 4) is 0 Å². The van der Waals surface area contributed by atoms with Gasteiger partial charge in [0.15, 0.2) is 0 Å². The largest absolute Gasteiger partial charge is 0.272 e. The smallest absolute Gasteiger partial charge is 0.267 e. The van der Waals surface area contributed by atoms with Crippen molar-refractivity contribution in [3.05, 3.63) is 39.3 Å². The molecule has 1 aliphatic rings. The van der Waals surface area contributed by atoms with E-state index in [1.165, 1.54) is 0 Å². The van der Waals surface area contributed by atoms with E-state index in [-0.39, 0.29) is 5.56 Å². The van der Waals surface area contributed by atoms with Gasteiger partial charge in [-0.15, -0.1) is 0 Å². The number of nitrogens with zero attached hydrogens (tertiary/aromatic N) is 1. The van der Waals surface area contributed by atoms with E-state index in [2.05, 4.69) is 23.2 Å². The summed E-state index contributed by atoms with van der Waals surface area (Å²) >= 11 is 0. The number of aromatic nitrogens is 2. The molecule has 1 aromatic heterocycles. The molecular formula is C11H12N2O. The molecule has 0 saturated heterocycles. The SMILES string of the molecule is Cc1n[nH]c(=O)c2c1C=CC(C)C=C2. The van der Waals surface area contributed by atoms with Crippen LogP contribution in [0.2, 0.25) is 0 Å². The Kier molecular flexibility index (Phi) is 2.08. The minimum absolute atomic E-state index is 0.124. The molecule has 1 aliphatic carbocycles. The fourth-order valence-electron chi connectivity index (χ4n) is 1.51. The molecule has 0 amide bonds. The molecule has 2 rings (SSSR count). The second-order valence-corrected chi connectivity index (χ2v) is 3.54. The first-order valence-corrected chi connectivity index (χ1v) is 4.64. The number of hydrogen-bond acceptors (Lipinski definition) is 2. The molecule has 1 unspecified atom stereocenters. The minimum Gasteiger partial charge on any atom is -0.267 e. The summed E-state index contributed by atoms with van der Waals surface area (Å²) in [6.07, 6.45) is 7.92. The molecule has 0 radical (unpaired) electrons. The summed E-state index contributed by atoms with van der Waals surface area (Å²) in [6, 6.07) is 0. The zero-order valence-corrected chi connectivity index (χ0v) is 8.24. The molecule has 1 heterocycles. The Morgan fingerprint density at radius 3 is 2.64 bits per heavy atom. The third-order valence-corrected chi connectivity index (χ3v) is 2.38. The average Bonchev–Trinajstić information content (AvgIpc) is 2.35. The summed E-state index contributed by atoms with van der Waals surface area (Å²) in [5.74, 6) is 0.362. The maximum absolute atomic E-state index is 11.5. The van der Waals surface area contributed by atoms with E-state index in [0.29, 0.717) is 11.5 Å². The predicted molar refractivity (Wildman–Crippen MR) is 56.8 cm³/mol. The van der Waals surface area contributed by atoms with E-state index < -0.39 is 0 Å². The summed E-state index contributed by atoms with van der Waals surface area (Å²) in [7, 11) is 0. The van der Waals surface area contributed by atoms with Crippen molar-refractivity contribution in [2.75, 3.05) is 0 Å². The molecule has 0 saturated carbocycles. The van der Waals surface area contributed by atoms with Crippen LogP contribution in [-0.2, 0) is 0 Å². The molecule has 0 aliphatic heterocycles. The summed E-state index contributed by atoms with van der Waals surface area (Å²) in [6.45, 7) is 3.97. The molecule has 3 nitrogen and oxygen atoms in total. The van der Waals surface area contributed by atoms with Gasteiger partial charge in [-0.3, -0.25) is 4.79 Å². The van der Waals surface area contributed by atoms with Crippen LogP contribution in [-0.4, -0.2) is 10.2 Å². The number of fused-ring (bicyclic) bond motifs is 1. The number of H-pyrrole nitrogens is 1. The van der Waals surface area contributed by atoms with Gasteiger partial charge in [0, 0.05) is 11.1 Å². The molecular weight excluding hydrogens is 176 g/mol.